The van der Waals surface area contributed by atoms with Crippen LogP contribution in [0.2, 0.25) is 0 Å². The van der Waals surface area contributed by atoms with Gasteiger partial charge in [-0.25, -0.2) is 8.42 Å². The Bertz CT molecular complexity index is 339. The van der Waals surface area contributed by atoms with Crippen LogP contribution >= 0.6 is 0 Å². The van der Waals surface area contributed by atoms with Crippen molar-refractivity contribution in [2.45, 2.75) is 43.5 Å². The zero-order valence-electron chi connectivity index (χ0n) is 9.06. The Morgan fingerprint density at radius 1 is 1.47 bits per heavy atom. The van der Waals surface area contributed by atoms with Crippen molar-refractivity contribution < 1.29 is 13.2 Å². The van der Waals surface area contributed by atoms with Crippen molar-refractivity contribution in [3.8, 4) is 0 Å². The van der Waals surface area contributed by atoms with Gasteiger partial charge in [0.05, 0.1) is 11.3 Å². The van der Waals surface area contributed by atoms with E-state index in [4.69, 9.17) is 5.73 Å². The highest BCUT2D eigenvalue weighted by molar-refractivity contribution is 7.91. The SMILES string of the molecule is CC(NC1CCCC1S(C)(=O)=O)C(N)=O. The van der Waals surface area contributed by atoms with Crippen LogP contribution < -0.4 is 11.1 Å². The maximum atomic E-state index is 11.4. The second kappa shape index (κ2) is 4.49. The normalized spacial score (nSPS) is 28.9. The molecule has 3 atom stereocenters. The summed E-state index contributed by atoms with van der Waals surface area (Å²) in [5, 5.41) is 2.61. The molecule has 0 aromatic carbocycles. The second-order valence-electron chi connectivity index (χ2n) is 4.20. The van der Waals surface area contributed by atoms with Crippen molar-refractivity contribution in [1.29, 1.82) is 0 Å². The maximum absolute atomic E-state index is 11.4. The number of amides is 1. The zero-order valence-corrected chi connectivity index (χ0v) is 9.88. The molecule has 88 valence electrons. The maximum Gasteiger partial charge on any atom is 0.234 e. The smallest absolute Gasteiger partial charge is 0.234 e. The van der Waals surface area contributed by atoms with Gasteiger partial charge < -0.3 is 11.1 Å². The largest absolute Gasteiger partial charge is 0.368 e. The van der Waals surface area contributed by atoms with Crippen LogP contribution in [0.15, 0.2) is 0 Å². The van der Waals surface area contributed by atoms with Gasteiger partial charge in [-0.1, -0.05) is 6.42 Å². The average molecular weight is 234 g/mol. The molecule has 1 amide bonds. The molecule has 1 aliphatic rings. The van der Waals surface area contributed by atoms with E-state index in [1.807, 2.05) is 0 Å². The third-order valence-electron chi connectivity index (χ3n) is 2.89. The van der Waals surface area contributed by atoms with Gasteiger partial charge in [0.2, 0.25) is 5.91 Å². The molecule has 3 unspecified atom stereocenters. The monoisotopic (exact) mass is 234 g/mol. The summed E-state index contributed by atoms with van der Waals surface area (Å²) in [5.74, 6) is -0.450. The van der Waals surface area contributed by atoms with Gasteiger partial charge in [-0.2, -0.15) is 0 Å². The fourth-order valence-electron chi connectivity index (χ4n) is 2.03. The molecular weight excluding hydrogens is 216 g/mol. The number of primary amides is 1. The van der Waals surface area contributed by atoms with E-state index in [1.54, 1.807) is 6.92 Å². The summed E-state index contributed by atoms with van der Waals surface area (Å²) in [6, 6.07) is -0.611. The Morgan fingerprint density at radius 3 is 2.53 bits per heavy atom. The number of nitrogens with one attached hydrogen (secondary N) is 1. The fraction of sp³-hybridized carbons (Fsp3) is 0.889. The molecule has 1 fully saturated rings. The minimum Gasteiger partial charge on any atom is -0.368 e. The predicted octanol–water partition coefficient (Wildman–Crippen LogP) is -0.584. The van der Waals surface area contributed by atoms with Crippen molar-refractivity contribution in [3.63, 3.8) is 0 Å². The molecular formula is C9H18N2O3S. The first-order valence-corrected chi connectivity index (χ1v) is 7.02. The molecule has 6 heteroatoms. The third-order valence-corrected chi connectivity index (χ3v) is 4.56. The topological polar surface area (TPSA) is 89.3 Å². The highest BCUT2D eigenvalue weighted by Gasteiger charge is 2.35. The number of hydrogen-bond donors (Lipinski definition) is 2. The van der Waals surface area contributed by atoms with Gasteiger partial charge in [0.25, 0.3) is 0 Å². The molecule has 0 spiro atoms. The van der Waals surface area contributed by atoms with Gasteiger partial charge in [-0.05, 0) is 19.8 Å². The molecule has 5 nitrogen and oxygen atoms in total. The summed E-state index contributed by atoms with van der Waals surface area (Å²) in [6.45, 7) is 1.65. The molecule has 0 heterocycles. The van der Waals surface area contributed by atoms with E-state index in [0.717, 1.165) is 12.8 Å². The van der Waals surface area contributed by atoms with Gasteiger partial charge in [-0.3, -0.25) is 4.79 Å². The van der Waals surface area contributed by atoms with E-state index in [1.165, 1.54) is 6.26 Å². The van der Waals surface area contributed by atoms with Gasteiger partial charge in [0.1, 0.15) is 0 Å². The minimum atomic E-state index is -3.04. The average Bonchev–Trinajstić information content (AvgIpc) is 2.50. The highest BCUT2D eigenvalue weighted by atomic mass is 32.2. The summed E-state index contributed by atoms with van der Waals surface area (Å²) >= 11 is 0. The van der Waals surface area contributed by atoms with E-state index in [-0.39, 0.29) is 11.3 Å². The lowest BCUT2D eigenvalue weighted by Crippen LogP contribution is -2.49. The molecule has 1 saturated carbocycles. The molecule has 1 aliphatic carbocycles. The minimum absolute atomic E-state index is 0.137. The van der Waals surface area contributed by atoms with E-state index in [0.29, 0.717) is 6.42 Å². The number of nitrogens with two attached hydrogens (primary N) is 1. The first-order valence-electron chi connectivity index (χ1n) is 5.06. The summed E-state index contributed by atoms with van der Waals surface area (Å²) in [4.78, 5) is 10.9. The number of hydrogen-bond acceptors (Lipinski definition) is 4. The van der Waals surface area contributed by atoms with Crippen molar-refractivity contribution in [2.75, 3.05) is 6.26 Å². The fourth-order valence-corrected chi connectivity index (χ4v) is 3.44. The molecule has 0 aromatic heterocycles. The van der Waals surface area contributed by atoms with E-state index < -0.39 is 21.8 Å². The van der Waals surface area contributed by atoms with Crippen LogP contribution in [0, 0.1) is 0 Å². The third kappa shape index (κ3) is 3.17. The summed E-state index contributed by atoms with van der Waals surface area (Å²) in [7, 11) is -3.04. The summed E-state index contributed by atoms with van der Waals surface area (Å²) in [5.41, 5.74) is 5.12. The molecule has 3 N–H and O–H groups in total. The van der Waals surface area contributed by atoms with Crippen molar-refractivity contribution in [3.05, 3.63) is 0 Å². The number of sulfone groups is 1. The Hall–Kier alpha value is -0.620. The lowest BCUT2D eigenvalue weighted by atomic mass is 10.2. The molecule has 0 bridgehead atoms. The highest BCUT2D eigenvalue weighted by Crippen LogP contribution is 2.25. The molecule has 15 heavy (non-hydrogen) atoms. The van der Waals surface area contributed by atoms with Crippen LogP contribution in [0.1, 0.15) is 26.2 Å². The quantitative estimate of drug-likeness (QED) is 0.681. The Kier molecular flexibility index (Phi) is 3.72. The van der Waals surface area contributed by atoms with E-state index in [2.05, 4.69) is 5.32 Å². The lowest BCUT2D eigenvalue weighted by Gasteiger charge is -2.22. The molecule has 0 aliphatic heterocycles. The van der Waals surface area contributed by atoms with Crippen LogP contribution in [-0.4, -0.2) is 37.9 Å². The summed E-state index contributed by atoms with van der Waals surface area (Å²) in [6.07, 6.45) is 3.57. The lowest BCUT2D eigenvalue weighted by molar-refractivity contribution is -0.119. The van der Waals surface area contributed by atoms with Crippen molar-refractivity contribution in [1.82, 2.24) is 5.32 Å². The standard InChI is InChI=1S/C9H18N2O3S/c1-6(9(10)12)11-7-4-3-5-8(7)15(2,13)14/h6-8,11H,3-5H2,1-2H3,(H2,10,12). The Morgan fingerprint density at radius 2 is 2.07 bits per heavy atom. The molecule has 0 radical (unpaired) electrons. The van der Waals surface area contributed by atoms with Gasteiger partial charge in [-0.15, -0.1) is 0 Å². The van der Waals surface area contributed by atoms with Gasteiger partial charge in [0, 0.05) is 12.3 Å². The molecule has 1 rings (SSSR count). The van der Waals surface area contributed by atoms with Crippen molar-refractivity contribution >= 4 is 15.7 Å². The predicted molar refractivity (Wildman–Crippen MR) is 58.1 cm³/mol. The molecule has 0 aromatic rings. The van der Waals surface area contributed by atoms with Crippen LogP contribution in [0.5, 0.6) is 0 Å². The van der Waals surface area contributed by atoms with E-state index in [9.17, 15) is 13.2 Å². The summed E-state index contributed by atoms with van der Waals surface area (Å²) < 4.78 is 22.9. The van der Waals surface area contributed by atoms with Gasteiger partial charge >= 0.3 is 0 Å². The number of rotatable bonds is 4. The Labute approximate surface area is 90.3 Å². The van der Waals surface area contributed by atoms with Crippen LogP contribution in [0.25, 0.3) is 0 Å². The Balaban J connectivity index is 2.66. The second-order valence-corrected chi connectivity index (χ2v) is 6.46. The van der Waals surface area contributed by atoms with Crippen LogP contribution in [0.4, 0.5) is 0 Å². The van der Waals surface area contributed by atoms with E-state index >= 15 is 0 Å². The van der Waals surface area contributed by atoms with Crippen molar-refractivity contribution in [2.24, 2.45) is 5.73 Å². The number of carbonyl (C=O) groups excluding carboxylic acids is 1. The van der Waals surface area contributed by atoms with Gasteiger partial charge in [0.15, 0.2) is 9.84 Å². The zero-order chi connectivity index (χ0) is 11.6. The van der Waals surface area contributed by atoms with Crippen LogP contribution in [0.3, 0.4) is 0 Å². The first-order chi connectivity index (χ1) is 6.82. The first kappa shape index (κ1) is 12.4. The number of carbonyl (C=O) groups is 1. The van der Waals surface area contributed by atoms with Crippen LogP contribution in [-0.2, 0) is 14.6 Å². The molecule has 0 saturated heterocycles.